The van der Waals surface area contributed by atoms with Crippen molar-refractivity contribution in [2.45, 2.75) is 13.3 Å². The number of hydrogen-bond donors (Lipinski definition) is 1. The van der Waals surface area contributed by atoms with Gasteiger partial charge in [-0.3, -0.25) is 4.79 Å². The number of carbonyl (C=O) groups excluding carboxylic acids is 1. The molecule has 0 fully saturated rings. The number of carbonyl (C=O) groups is 1. The number of amides is 1. The molecule has 0 atom stereocenters. The van der Waals surface area contributed by atoms with Gasteiger partial charge in [0.2, 0.25) is 5.91 Å². The van der Waals surface area contributed by atoms with Gasteiger partial charge in [0.05, 0.1) is 29.4 Å². The van der Waals surface area contributed by atoms with Crippen molar-refractivity contribution in [3.05, 3.63) is 115 Å². The van der Waals surface area contributed by atoms with Crippen LogP contribution in [0.15, 0.2) is 97.5 Å². The maximum absolute atomic E-state index is 13.4. The van der Waals surface area contributed by atoms with Crippen molar-refractivity contribution in [3.63, 3.8) is 0 Å². The van der Waals surface area contributed by atoms with E-state index in [1.807, 2.05) is 49.4 Å². The maximum Gasteiger partial charge on any atom is 0.229 e. The number of nitrogens with zero attached hydrogens (tertiary/aromatic N) is 6. The average molecular weight is 504 g/mol. The molecule has 0 aliphatic rings. The Morgan fingerprint density at radius 3 is 2.39 bits per heavy atom. The fraction of sp³-hybridized carbons (Fsp3) is 0.0690. The van der Waals surface area contributed by atoms with Crippen LogP contribution < -0.4 is 5.32 Å². The molecule has 0 unspecified atom stereocenters. The molecule has 186 valence electrons. The summed E-state index contributed by atoms with van der Waals surface area (Å²) in [6.45, 7) is 1.84. The summed E-state index contributed by atoms with van der Waals surface area (Å²) in [6.07, 6.45) is 3.25. The molecule has 0 aliphatic heterocycles. The van der Waals surface area contributed by atoms with Crippen molar-refractivity contribution in [1.82, 2.24) is 29.5 Å². The van der Waals surface area contributed by atoms with Gasteiger partial charge in [0.15, 0.2) is 11.5 Å². The molecule has 3 heterocycles. The molecule has 6 rings (SSSR count). The van der Waals surface area contributed by atoms with Crippen molar-refractivity contribution < 1.29 is 9.18 Å². The number of aryl methyl sites for hydroxylation is 1. The summed E-state index contributed by atoms with van der Waals surface area (Å²) in [7, 11) is 0. The molecule has 0 spiro atoms. The highest BCUT2D eigenvalue weighted by Gasteiger charge is 2.18. The standard InChI is InChI=1S/C29H22FN7O/c1-19-15-26(34-27(38)16-20-7-9-22(10-8-20)21-5-3-2-4-6-21)37(35-19)29-25-17-33-36(28(25)31-18-32-29)24-13-11-23(30)12-14-24/h2-15,17-18H,16H2,1H3,(H,34,38). The van der Waals surface area contributed by atoms with Crippen LogP contribution in [0, 0.1) is 12.7 Å². The lowest BCUT2D eigenvalue weighted by Crippen LogP contribution is -2.17. The average Bonchev–Trinajstić information content (AvgIpc) is 3.53. The van der Waals surface area contributed by atoms with Crippen LogP contribution in [0.25, 0.3) is 33.7 Å². The quantitative estimate of drug-likeness (QED) is 0.333. The van der Waals surface area contributed by atoms with Gasteiger partial charge < -0.3 is 5.32 Å². The van der Waals surface area contributed by atoms with Gasteiger partial charge in [-0.25, -0.2) is 19.0 Å². The van der Waals surface area contributed by atoms with Crippen LogP contribution in [-0.2, 0) is 11.2 Å². The fourth-order valence-electron chi connectivity index (χ4n) is 4.34. The number of fused-ring (bicyclic) bond motifs is 1. The monoisotopic (exact) mass is 503 g/mol. The molecule has 0 saturated heterocycles. The van der Waals surface area contributed by atoms with Gasteiger partial charge in [-0.2, -0.15) is 14.9 Å². The smallest absolute Gasteiger partial charge is 0.229 e. The predicted octanol–water partition coefficient (Wildman–Crippen LogP) is 5.30. The zero-order valence-corrected chi connectivity index (χ0v) is 20.4. The molecule has 1 amide bonds. The molecule has 8 nitrogen and oxygen atoms in total. The van der Waals surface area contributed by atoms with Crippen LogP contribution in [0.5, 0.6) is 0 Å². The number of hydrogen-bond acceptors (Lipinski definition) is 5. The summed E-state index contributed by atoms with van der Waals surface area (Å²) < 4.78 is 16.6. The summed E-state index contributed by atoms with van der Waals surface area (Å²) >= 11 is 0. The number of rotatable bonds is 6. The molecular weight excluding hydrogens is 481 g/mol. The van der Waals surface area contributed by atoms with Gasteiger partial charge in [0, 0.05) is 6.07 Å². The van der Waals surface area contributed by atoms with E-state index < -0.39 is 0 Å². The molecule has 1 N–H and O–H groups in total. The van der Waals surface area contributed by atoms with E-state index in [-0.39, 0.29) is 18.1 Å². The lowest BCUT2D eigenvalue weighted by Gasteiger charge is -2.10. The predicted molar refractivity (Wildman–Crippen MR) is 143 cm³/mol. The van der Waals surface area contributed by atoms with E-state index in [1.54, 1.807) is 33.8 Å². The zero-order valence-electron chi connectivity index (χ0n) is 20.4. The van der Waals surface area contributed by atoms with Crippen molar-refractivity contribution in [2.75, 3.05) is 5.32 Å². The molecule has 38 heavy (non-hydrogen) atoms. The molecule has 3 aromatic carbocycles. The van der Waals surface area contributed by atoms with Crippen LogP contribution in [0.3, 0.4) is 0 Å². The number of aromatic nitrogens is 6. The van der Waals surface area contributed by atoms with Crippen LogP contribution >= 0.6 is 0 Å². The summed E-state index contributed by atoms with van der Waals surface area (Å²) in [5.74, 6) is 0.452. The Hall–Kier alpha value is -5.18. The van der Waals surface area contributed by atoms with E-state index in [1.165, 1.54) is 18.5 Å². The number of halogens is 1. The van der Waals surface area contributed by atoms with Crippen LogP contribution in [0.4, 0.5) is 10.2 Å². The van der Waals surface area contributed by atoms with E-state index in [0.29, 0.717) is 34.1 Å². The number of nitrogens with one attached hydrogen (secondary N) is 1. The SMILES string of the molecule is Cc1cc(NC(=O)Cc2ccc(-c3ccccc3)cc2)n(-c2ncnc3c2cnn3-c2ccc(F)cc2)n1. The lowest BCUT2D eigenvalue weighted by atomic mass is 10.0. The van der Waals surface area contributed by atoms with Gasteiger partial charge in [-0.15, -0.1) is 0 Å². The maximum atomic E-state index is 13.4. The Balaban J connectivity index is 1.25. The number of benzene rings is 3. The topological polar surface area (TPSA) is 90.5 Å². The van der Waals surface area contributed by atoms with Gasteiger partial charge in [-0.1, -0.05) is 54.6 Å². The van der Waals surface area contributed by atoms with Crippen LogP contribution in [0.1, 0.15) is 11.3 Å². The minimum atomic E-state index is -0.333. The highest BCUT2D eigenvalue weighted by molar-refractivity contribution is 5.92. The Morgan fingerprint density at radius 2 is 1.63 bits per heavy atom. The molecule has 0 saturated carbocycles. The van der Waals surface area contributed by atoms with E-state index in [9.17, 15) is 9.18 Å². The summed E-state index contributed by atoms with van der Waals surface area (Å²) in [5, 5.41) is 12.6. The second-order valence-corrected chi connectivity index (χ2v) is 8.84. The van der Waals surface area contributed by atoms with E-state index in [4.69, 9.17) is 0 Å². The van der Waals surface area contributed by atoms with E-state index in [0.717, 1.165) is 16.7 Å². The van der Waals surface area contributed by atoms with Crippen molar-refractivity contribution in [3.8, 4) is 22.6 Å². The first-order valence-corrected chi connectivity index (χ1v) is 12.0. The number of anilines is 1. The first-order valence-electron chi connectivity index (χ1n) is 12.0. The van der Waals surface area contributed by atoms with Crippen molar-refractivity contribution >= 4 is 22.8 Å². The largest absolute Gasteiger partial charge is 0.310 e. The zero-order chi connectivity index (χ0) is 26.1. The summed E-state index contributed by atoms with van der Waals surface area (Å²) in [6, 6.07) is 25.8. The molecule has 0 aliphatic carbocycles. The van der Waals surface area contributed by atoms with Gasteiger partial charge in [-0.05, 0) is 47.9 Å². The third-order valence-electron chi connectivity index (χ3n) is 6.14. The Labute approximate surface area is 217 Å². The minimum absolute atomic E-state index is 0.175. The van der Waals surface area contributed by atoms with Crippen molar-refractivity contribution in [1.29, 1.82) is 0 Å². The second kappa shape index (κ2) is 9.70. The van der Waals surface area contributed by atoms with Gasteiger partial charge in [0.1, 0.15) is 18.0 Å². The lowest BCUT2D eigenvalue weighted by molar-refractivity contribution is -0.115. The molecular formula is C29H22FN7O. The van der Waals surface area contributed by atoms with E-state index in [2.05, 4.69) is 37.6 Å². The van der Waals surface area contributed by atoms with Gasteiger partial charge in [0.25, 0.3) is 0 Å². The third kappa shape index (κ3) is 4.53. The van der Waals surface area contributed by atoms with Crippen LogP contribution in [-0.4, -0.2) is 35.4 Å². The molecule has 6 aromatic rings. The molecule has 0 bridgehead atoms. The highest BCUT2D eigenvalue weighted by atomic mass is 19.1. The Kier molecular flexibility index (Phi) is 5.93. The summed E-state index contributed by atoms with van der Waals surface area (Å²) in [5.41, 5.74) is 5.03. The highest BCUT2D eigenvalue weighted by Crippen LogP contribution is 2.25. The first kappa shape index (κ1) is 23.2. The molecule has 3 aromatic heterocycles. The van der Waals surface area contributed by atoms with E-state index >= 15 is 0 Å². The molecule has 0 radical (unpaired) electrons. The minimum Gasteiger partial charge on any atom is -0.310 e. The molecule has 9 heteroatoms. The fourth-order valence-corrected chi connectivity index (χ4v) is 4.34. The Bertz CT molecular complexity index is 1740. The normalized spacial score (nSPS) is 11.1. The summed E-state index contributed by atoms with van der Waals surface area (Å²) in [4.78, 5) is 21.8. The van der Waals surface area contributed by atoms with Crippen LogP contribution in [0.2, 0.25) is 0 Å². The Morgan fingerprint density at radius 1 is 0.895 bits per heavy atom. The second-order valence-electron chi connectivity index (χ2n) is 8.84. The van der Waals surface area contributed by atoms with Crippen molar-refractivity contribution in [2.24, 2.45) is 0 Å². The first-order chi connectivity index (χ1) is 18.5. The van der Waals surface area contributed by atoms with Gasteiger partial charge >= 0.3 is 0 Å². The third-order valence-corrected chi connectivity index (χ3v) is 6.14.